The van der Waals surface area contributed by atoms with Crippen LogP contribution in [0.3, 0.4) is 0 Å². The topological polar surface area (TPSA) is 104 Å². The van der Waals surface area contributed by atoms with E-state index in [9.17, 15) is 24.9 Å². The van der Waals surface area contributed by atoms with Crippen molar-refractivity contribution in [3.8, 4) is 0 Å². The van der Waals surface area contributed by atoms with E-state index in [4.69, 9.17) is 4.74 Å². The Hall–Kier alpha value is -2.02. The molecule has 6 nitrogen and oxygen atoms in total. The molecule has 4 aliphatic carbocycles. The van der Waals surface area contributed by atoms with Gasteiger partial charge in [-0.3, -0.25) is 4.79 Å². The molecule has 0 amide bonds. The smallest absolute Gasteiger partial charge is 0.338 e. The van der Waals surface area contributed by atoms with Gasteiger partial charge in [-0.15, -0.1) is 0 Å². The molecule has 3 fully saturated rings. The Morgan fingerprint density at radius 2 is 1.77 bits per heavy atom. The fourth-order valence-electron chi connectivity index (χ4n) is 9.16. The van der Waals surface area contributed by atoms with E-state index in [0.717, 1.165) is 31.3 Å². The number of aliphatic hydroxyl groups is 3. The number of carbonyl (C=O) groups excluding carboxylic acids is 2. The Balaban J connectivity index is 1.43. The Bertz CT molecular complexity index is 1150. The van der Waals surface area contributed by atoms with Gasteiger partial charge in [-0.05, 0) is 119 Å². The molecule has 3 N–H and O–H groups in total. The standard InChI is InChI=1S/C34H48O6/c1-21(29(14-15-31(2,3)38)40-30(37)22-9-7-6-8-10-22)24-13-18-34(39)26-20-28(36)27-19-23(35)11-16-32(27,4)25(26)12-17-33(24,34)5/h6-10,20-21,23-25,27,29,35,38-39H,11-19H2,1-5H3/t21-,23-,24+,25-,27-,29+,32+,33+,34+/m0/s1. The highest BCUT2D eigenvalue weighted by molar-refractivity contribution is 5.95. The maximum absolute atomic E-state index is 13.4. The van der Waals surface area contributed by atoms with Crippen molar-refractivity contribution >= 4 is 11.8 Å². The second kappa shape index (κ2) is 10.4. The Labute approximate surface area is 239 Å². The predicted molar refractivity (Wildman–Crippen MR) is 153 cm³/mol. The number of hydrogen-bond acceptors (Lipinski definition) is 6. The van der Waals surface area contributed by atoms with Crippen molar-refractivity contribution < 1.29 is 29.6 Å². The minimum absolute atomic E-state index is 0.0429. The molecule has 4 aliphatic rings. The molecule has 6 heteroatoms. The molecule has 40 heavy (non-hydrogen) atoms. The van der Waals surface area contributed by atoms with Crippen LogP contribution < -0.4 is 0 Å². The highest BCUT2D eigenvalue weighted by atomic mass is 16.5. The van der Waals surface area contributed by atoms with Crippen molar-refractivity contribution in [1.29, 1.82) is 0 Å². The van der Waals surface area contributed by atoms with E-state index in [1.54, 1.807) is 32.1 Å². The maximum Gasteiger partial charge on any atom is 0.338 e. The van der Waals surface area contributed by atoms with E-state index < -0.39 is 28.8 Å². The molecule has 1 aromatic rings. The number of fused-ring (bicyclic) bond motifs is 5. The Morgan fingerprint density at radius 3 is 2.45 bits per heavy atom. The first-order chi connectivity index (χ1) is 18.7. The lowest BCUT2D eigenvalue weighted by Crippen LogP contribution is -2.59. The summed E-state index contributed by atoms with van der Waals surface area (Å²) in [5.74, 6) is -0.313. The second-order valence-electron chi connectivity index (χ2n) is 14.5. The number of ketones is 1. The fourth-order valence-corrected chi connectivity index (χ4v) is 9.16. The first-order valence-electron chi connectivity index (χ1n) is 15.3. The molecule has 0 bridgehead atoms. The van der Waals surface area contributed by atoms with Crippen LogP contribution in [0.2, 0.25) is 0 Å². The average Bonchev–Trinajstić information content (AvgIpc) is 3.18. The van der Waals surface area contributed by atoms with Crippen molar-refractivity contribution in [3.05, 3.63) is 47.5 Å². The van der Waals surface area contributed by atoms with Crippen LogP contribution in [-0.2, 0) is 9.53 Å². The zero-order chi connectivity index (χ0) is 29.1. The number of esters is 1. The molecular weight excluding hydrogens is 504 g/mol. The lowest BCUT2D eigenvalue weighted by atomic mass is 9.46. The first-order valence-corrected chi connectivity index (χ1v) is 15.3. The zero-order valence-electron chi connectivity index (χ0n) is 24.9. The number of ether oxygens (including phenoxy) is 1. The van der Waals surface area contributed by atoms with Crippen LogP contribution in [0, 0.1) is 34.5 Å². The number of carbonyl (C=O) groups is 2. The minimum Gasteiger partial charge on any atom is -0.458 e. The number of allylic oxidation sites excluding steroid dienone is 1. The normalized spacial score (nSPS) is 38.9. The summed E-state index contributed by atoms with van der Waals surface area (Å²) in [6.45, 7) is 10.1. The van der Waals surface area contributed by atoms with Crippen molar-refractivity contribution in [2.24, 2.45) is 34.5 Å². The molecule has 5 rings (SSSR count). The summed E-state index contributed by atoms with van der Waals surface area (Å²) in [5.41, 5.74) is -1.25. The van der Waals surface area contributed by atoms with Crippen LogP contribution in [0.1, 0.15) is 103 Å². The number of aliphatic hydroxyl groups excluding tert-OH is 1. The van der Waals surface area contributed by atoms with Gasteiger partial charge in [0, 0.05) is 11.3 Å². The highest BCUT2D eigenvalue weighted by Crippen LogP contribution is 2.68. The molecule has 0 radical (unpaired) electrons. The molecule has 0 saturated heterocycles. The van der Waals surface area contributed by atoms with Crippen LogP contribution in [0.4, 0.5) is 0 Å². The molecule has 1 aromatic carbocycles. The van der Waals surface area contributed by atoms with Crippen LogP contribution in [0.15, 0.2) is 42.0 Å². The third-order valence-corrected chi connectivity index (χ3v) is 11.7. The summed E-state index contributed by atoms with van der Waals surface area (Å²) in [6, 6.07) is 9.01. The molecule has 0 spiro atoms. The molecule has 0 aliphatic heterocycles. The van der Waals surface area contributed by atoms with Gasteiger partial charge in [-0.2, -0.15) is 0 Å². The van der Waals surface area contributed by atoms with Gasteiger partial charge in [-0.25, -0.2) is 4.79 Å². The third kappa shape index (κ3) is 4.88. The summed E-state index contributed by atoms with van der Waals surface area (Å²) in [6.07, 6.45) is 7.06. The van der Waals surface area contributed by atoms with Crippen LogP contribution in [-0.4, -0.2) is 50.5 Å². The quantitative estimate of drug-likeness (QED) is 0.379. The van der Waals surface area contributed by atoms with Gasteiger partial charge in [0.1, 0.15) is 6.10 Å². The molecule has 0 unspecified atom stereocenters. The fraction of sp³-hybridized carbons (Fsp3) is 0.706. The van der Waals surface area contributed by atoms with E-state index in [1.807, 2.05) is 18.2 Å². The van der Waals surface area contributed by atoms with Gasteiger partial charge in [0.05, 0.1) is 22.9 Å². The van der Waals surface area contributed by atoms with Gasteiger partial charge in [-0.1, -0.05) is 39.0 Å². The minimum atomic E-state index is -1.08. The lowest BCUT2D eigenvalue weighted by Gasteiger charge is -2.59. The van der Waals surface area contributed by atoms with Crippen molar-refractivity contribution in [1.82, 2.24) is 0 Å². The SMILES string of the molecule is C[C@@H]([C@H]1CC[C@@]2(O)C3=CC(=O)[C@@H]4C[C@@H](O)CC[C@]4(C)[C@H]3CC[C@]12C)[C@@H](CCC(C)(C)O)OC(=O)c1ccccc1. The van der Waals surface area contributed by atoms with Gasteiger partial charge >= 0.3 is 5.97 Å². The van der Waals surface area contributed by atoms with Crippen molar-refractivity contribution in [3.63, 3.8) is 0 Å². The largest absolute Gasteiger partial charge is 0.458 e. The number of benzene rings is 1. The van der Waals surface area contributed by atoms with Crippen LogP contribution >= 0.6 is 0 Å². The highest BCUT2D eigenvalue weighted by Gasteiger charge is 2.66. The first kappa shape index (κ1) is 29.5. The molecule has 0 heterocycles. The summed E-state index contributed by atoms with van der Waals surface area (Å²) >= 11 is 0. The van der Waals surface area contributed by atoms with Crippen molar-refractivity contribution in [2.75, 3.05) is 0 Å². The monoisotopic (exact) mass is 552 g/mol. The predicted octanol–water partition coefficient (Wildman–Crippen LogP) is 5.63. The van der Waals surface area contributed by atoms with Gasteiger partial charge in [0.15, 0.2) is 5.78 Å². The van der Waals surface area contributed by atoms with Crippen molar-refractivity contribution in [2.45, 2.75) is 116 Å². The summed E-state index contributed by atoms with van der Waals surface area (Å²) in [7, 11) is 0. The number of rotatable bonds is 7. The van der Waals surface area contributed by atoms with E-state index >= 15 is 0 Å². The van der Waals surface area contributed by atoms with E-state index in [2.05, 4.69) is 20.8 Å². The van der Waals surface area contributed by atoms with Crippen LogP contribution in [0.5, 0.6) is 0 Å². The van der Waals surface area contributed by atoms with E-state index in [0.29, 0.717) is 37.7 Å². The van der Waals surface area contributed by atoms with Gasteiger partial charge in [0.25, 0.3) is 0 Å². The molecule has 220 valence electrons. The summed E-state index contributed by atoms with van der Waals surface area (Å²) in [4.78, 5) is 26.6. The molecule has 3 saturated carbocycles. The third-order valence-electron chi connectivity index (χ3n) is 11.7. The van der Waals surface area contributed by atoms with Gasteiger partial charge < -0.3 is 20.1 Å². The molecule has 0 aromatic heterocycles. The van der Waals surface area contributed by atoms with E-state index in [-0.39, 0.29) is 40.8 Å². The Morgan fingerprint density at radius 1 is 1.07 bits per heavy atom. The maximum atomic E-state index is 13.4. The second-order valence-corrected chi connectivity index (χ2v) is 14.5. The summed E-state index contributed by atoms with van der Waals surface area (Å²) in [5, 5.41) is 33.4. The lowest BCUT2D eigenvalue weighted by molar-refractivity contribution is -0.142. The number of hydrogen-bond donors (Lipinski definition) is 3. The summed E-state index contributed by atoms with van der Waals surface area (Å²) < 4.78 is 6.16. The van der Waals surface area contributed by atoms with E-state index in [1.165, 1.54) is 0 Å². The Kier molecular flexibility index (Phi) is 7.63. The van der Waals surface area contributed by atoms with Crippen LogP contribution in [0.25, 0.3) is 0 Å². The van der Waals surface area contributed by atoms with Gasteiger partial charge in [0.2, 0.25) is 0 Å². The molecule has 9 atom stereocenters. The zero-order valence-corrected chi connectivity index (χ0v) is 24.9. The molecular formula is C34H48O6. The average molecular weight is 553 g/mol.